The SMILES string of the molecule is CCC(CCCl)NC(=O)c1ccncc1. The molecule has 0 radical (unpaired) electrons. The molecule has 15 heavy (non-hydrogen) atoms. The number of nitrogens with zero attached hydrogens (tertiary/aromatic N) is 1. The number of hydrogen-bond donors (Lipinski definition) is 1. The lowest BCUT2D eigenvalue weighted by molar-refractivity contribution is 0.0935. The lowest BCUT2D eigenvalue weighted by atomic mass is 10.1. The fraction of sp³-hybridized carbons (Fsp3) is 0.455. The Morgan fingerprint density at radius 1 is 1.53 bits per heavy atom. The molecule has 1 aromatic heterocycles. The van der Waals surface area contributed by atoms with Crippen molar-refractivity contribution < 1.29 is 4.79 Å². The standard InChI is InChI=1S/C11H15ClN2O/c1-2-10(3-6-12)14-11(15)9-4-7-13-8-5-9/h4-5,7-8,10H,2-3,6H2,1H3,(H,14,15). The summed E-state index contributed by atoms with van der Waals surface area (Å²) < 4.78 is 0. The van der Waals surface area contributed by atoms with Crippen LogP contribution in [0.4, 0.5) is 0 Å². The van der Waals surface area contributed by atoms with E-state index in [0.717, 1.165) is 12.8 Å². The molecule has 0 aliphatic rings. The normalized spacial score (nSPS) is 12.1. The number of hydrogen-bond acceptors (Lipinski definition) is 2. The molecule has 1 atom stereocenters. The molecule has 1 unspecified atom stereocenters. The van der Waals surface area contributed by atoms with E-state index in [2.05, 4.69) is 10.3 Å². The zero-order valence-electron chi connectivity index (χ0n) is 8.74. The van der Waals surface area contributed by atoms with Crippen LogP contribution in [0.2, 0.25) is 0 Å². The molecule has 1 rings (SSSR count). The van der Waals surface area contributed by atoms with Crippen LogP contribution < -0.4 is 5.32 Å². The van der Waals surface area contributed by atoms with Gasteiger partial charge in [-0.3, -0.25) is 9.78 Å². The van der Waals surface area contributed by atoms with E-state index in [1.807, 2.05) is 6.92 Å². The maximum absolute atomic E-state index is 11.7. The number of pyridine rings is 1. The number of nitrogens with one attached hydrogen (secondary N) is 1. The van der Waals surface area contributed by atoms with Crippen LogP contribution in [-0.4, -0.2) is 22.8 Å². The highest BCUT2D eigenvalue weighted by atomic mass is 35.5. The predicted octanol–water partition coefficient (Wildman–Crippen LogP) is 2.22. The molecule has 0 aromatic carbocycles. The van der Waals surface area contributed by atoms with Crippen LogP contribution in [0.15, 0.2) is 24.5 Å². The average Bonchev–Trinajstić information content (AvgIpc) is 2.29. The Hall–Kier alpha value is -1.09. The molecule has 82 valence electrons. The van der Waals surface area contributed by atoms with E-state index in [0.29, 0.717) is 11.4 Å². The molecule has 1 N–H and O–H groups in total. The van der Waals surface area contributed by atoms with Crippen molar-refractivity contribution in [2.75, 3.05) is 5.88 Å². The van der Waals surface area contributed by atoms with Gasteiger partial charge in [0.05, 0.1) is 0 Å². The Morgan fingerprint density at radius 2 is 2.20 bits per heavy atom. The first-order valence-electron chi connectivity index (χ1n) is 5.04. The van der Waals surface area contributed by atoms with Gasteiger partial charge in [-0.05, 0) is 25.0 Å². The van der Waals surface area contributed by atoms with Gasteiger partial charge in [-0.1, -0.05) is 6.92 Å². The fourth-order valence-corrected chi connectivity index (χ4v) is 1.55. The largest absolute Gasteiger partial charge is 0.349 e. The van der Waals surface area contributed by atoms with Gasteiger partial charge >= 0.3 is 0 Å². The first kappa shape index (κ1) is 12.0. The number of rotatable bonds is 5. The number of aromatic nitrogens is 1. The summed E-state index contributed by atoms with van der Waals surface area (Å²) in [6.07, 6.45) is 4.91. The highest BCUT2D eigenvalue weighted by Gasteiger charge is 2.10. The Labute approximate surface area is 94.9 Å². The van der Waals surface area contributed by atoms with E-state index in [1.54, 1.807) is 24.5 Å². The van der Waals surface area contributed by atoms with Crippen LogP contribution in [0, 0.1) is 0 Å². The average molecular weight is 227 g/mol. The minimum Gasteiger partial charge on any atom is -0.349 e. The lowest BCUT2D eigenvalue weighted by Crippen LogP contribution is -2.34. The quantitative estimate of drug-likeness (QED) is 0.783. The summed E-state index contributed by atoms with van der Waals surface area (Å²) >= 11 is 5.64. The van der Waals surface area contributed by atoms with Gasteiger partial charge in [0.2, 0.25) is 0 Å². The van der Waals surface area contributed by atoms with E-state index < -0.39 is 0 Å². The van der Waals surface area contributed by atoms with Crippen molar-refractivity contribution in [1.82, 2.24) is 10.3 Å². The maximum Gasteiger partial charge on any atom is 0.251 e. The lowest BCUT2D eigenvalue weighted by Gasteiger charge is -2.15. The zero-order valence-corrected chi connectivity index (χ0v) is 9.50. The van der Waals surface area contributed by atoms with Gasteiger partial charge in [-0.25, -0.2) is 0 Å². The number of carbonyl (C=O) groups is 1. The second-order valence-corrected chi connectivity index (χ2v) is 3.67. The second kappa shape index (κ2) is 6.40. The summed E-state index contributed by atoms with van der Waals surface area (Å²) in [7, 11) is 0. The Morgan fingerprint density at radius 3 is 2.73 bits per heavy atom. The smallest absolute Gasteiger partial charge is 0.251 e. The van der Waals surface area contributed by atoms with Crippen LogP contribution >= 0.6 is 11.6 Å². The Bertz CT molecular complexity index is 303. The summed E-state index contributed by atoms with van der Waals surface area (Å²) in [5.74, 6) is 0.504. The van der Waals surface area contributed by atoms with E-state index >= 15 is 0 Å². The summed E-state index contributed by atoms with van der Waals surface area (Å²) in [4.78, 5) is 15.6. The van der Waals surface area contributed by atoms with E-state index in [1.165, 1.54) is 0 Å². The maximum atomic E-state index is 11.7. The van der Waals surface area contributed by atoms with Gasteiger partial charge in [0.15, 0.2) is 0 Å². The third-order valence-corrected chi connectivity index (χ3v) is 2.45. The van der Waals surface area contributed by atoms with Crippen LogP contribution in [0.5, 0.6) is 0 Å². The van der Waals surface area contributed by atoms with Crippen molar-refractivity contribution >= 4 is 17.5 Å². The van der Waals surface area contributed by atoms with E-state index in [4.69, 9.17) is 11.6 Å². The van der Waals surface area contributed by atoms with Crippen molar-refractivity contribution in [3.8, 4) is 0 Å². The highest BCUT2D eigenvalue weighted by Crippen LogP contribution is 2.02. The minimum atomic E-state index is -0.0608. The molecule has 3 nitrogen and oxygen atoms in total. The van der Waals surface area contributed by atoms with Crippen LogP contribution in [-0.2, 0) is 0 Å². The molecule has 0 saturated carbocycles. The first-order chi connectivity index (χ1) is 7.27. The topological polar surface area (TPSA) is 42.0 Å². The van der Waals surface area contributed by atoms with Gasteiger partial charge in [-0.15, -0.1) is 11.6 Å². The third-order valence-electron chi connectivity index (χ3n) is 2.23. The molecule has 0 aliphatic heterocycles. The van der Waals surface area contributed by atoms with Gasteiger partial charge < -0.3 is 5.32 Å². The van der Waals surface area contributed by atoms with Crippen molar-refractivity contribution in [2.24, 2.45) is 0 Å². The zero-order chi connectivity index (χ0) is 11.1. The second-order valence-electron chi connectivity index (χ2n) is 3.29. The molecular weight excluding hydrogens is 212 g/mol. The fourth-order valence-electron chi connectivity index (χ4n) is 1.28. The van der Waals surface area contributed by atoms with Crippen LogP contribution in [0.3, 0.4) is 0 Å². The number of alkyl halides is 1. The molecule has 0 fully saturated rings. The number of carbonyl (C=O) groups excluding carboxylic acids is 1. The third kappa shape index (κ3) is 3.88. The van der Waals surface area contributed by atoms with Gasteiger partial charge in [0, 0.05) is 29.9 Å². The van der Waals surface area contributed by atoms with Crippen molar-refractivity contribution in [3.63, 3.8) is 0 Å². The van der Waals surface area contributed by atoms with Crippen molar-refractivity contribution in [2.45, 2.75) is 25.8 Å². The van der Waals surface area contributed by atoms with Gasteiger partial charge in [0.25, 0.3) is 5.91 Å². The van der Waals surface area contributed by atoms with Gasteiger partial charge in [-0.2, -0.15) is 0 Å². The molecule has 4 heteroatoms. The Balaban J connectivity index is 2.55. The van der Waals surface area contributed by atoms with Crippen LogP contribution in [0.1, 0.15) is 30.1 Å². The molecule has 1 heterocycles. The van der Waals surface area contributed by atoms with E-state index in [-0.39, 0.29) is 11.9 Å². The summed E-state index contributed by atoms with van der Waals surface area (Å²) in [5, 5.41) is 2.93. The molecule has 1 aromatic rings. The molecule has 0 bridgehead atoms. The summed E-state index contributed by atoms with van der Waals surface area (Å²) in [6.45, 7) is 2.03. The Kier molecular flexibility index (Phi) is 5.12. The molecular formula is C11H15ClN2O. The molecule has 0 spiro atoms. The first-order valence-corrected chi connectivity index (χ1v) is 5.58. The summed E-state index contributed by atoms with van der Waals surface area (Å²) in [6, 6.07) is 3.55. The number of amides is 1. The molecule has 0 saturated heterocycles. The minimum absolute atomic E-state index is 0.0608. The molecule has 0 aliphatic carbocycles. The highest BCUT2D eigenvalue weighted by molar-refractivity contribution is 6.17. The van der Waals surface area contributed by atoms with Gasteiger partial charge in [0.1, 0.15) is 0 Å². The number of halogens is 1. The summed E-state index contributed by atoms with van der Waals surface area (Å²) in [5.41, 5.74) is 0.637. The van der Waals surface area contributed by atoms with Crippen molar-refractivity contribution in [1.29, 1.82) is 0 Å². The molecule has 1 amide bonds. The predicted molar refractivity (Wildman–Crippen MR) is 61.1 cm³/mol. The van der Waals surface area contributed by atoms with E-state index in [9.17, 15) is 4.79 Å². The van der Waals surface area contributed by atoms with Crippen LogP contribution in [0.25, 0.3) is 0 Å². The monoisotopic (exact) mass is 226 g/mol. The van der Waals surface area contributed by atoms with Crippen molar-refractivity contribution in [3.05, 3.63) is 30.1 Å².